The van der Waals surface area contributed by atoms with E-state index in [0.29, 0.717) is 11.2 Å². The molecule has 0 aromatic carbocycles. The molecule has 0 rings (SSSR count). The first kappa shape index (κ1) is 10.7. The first-order valence-electron chi connectivity index (χ1n) is 3.97. The number of thiocarbonyl (C=S) groups is 1. The summed E-state index contributed by atoms with van der Waals surface area (Å²) in [6.07, 6.45) is 3.58. The van der Waals surface area contributed by atoms with Gasteiger partial charge in [0.1, 0.15) is 0 Å². The van der Waals surface area contributed by atoms with E-state index in [1.165, 1.54) is 12.8 Å². The molecule has 66 valence electrons. The Balaban J connectivity index is 3.35. The summed E-state index contributed by atoms with van der Waals surface area (Å²) in [5.41, 5.74) is 2.39. The van der Waals surface area contributed by atoms with Crippen LogP contribution in [0.25, 0.3) is 0 Å². The molecule has 0 saturated carbocycles. The van der Waals surface area contributed by atoms with Crippen LogP contribution >= 0.6 is 12.2 Å². The molecule has 4 N–H and O–H groups in total. The molecule has 1 atom stereocenters. The fraction of sp³-hybridized carbons (Fsp3) is 0.857. The lowest BCUT2D eigenvalue weighted by Gasteiger charge is -2.14. The number of hydrazine groups is 1. The summed E-state index contributed by atoms with van der Waals surface area (Å²) < 4.78 is 0. The van der Waals surface area contributed by atoms with Gasteiger partial charge in [-0.25, -0.2) is 5.84 Å². The van der Waals surface area contributed by atoms with Crippen LogP contribution in [0.1, 0.15) is 33.1 Å². The van der Waals surface area contributed by atoms with Crippen molar-refractivity contribution in [3.63, 3.8) is 0 Å². The second-order valence-electron chi connectivity index (χ2n) is 2.66. The second-order valence-corrected chi connectivity index (χ2v) is 3.07. The van der Waals surface area contributed by atoms with Gasteiger partial charge in [-0.3, -0.25) is 0 Å². The zero-order valence-electron chi connectivity index (χ0n) is 7.18. The average molecular weight is 175 g/mol. The molecule has 0 spiro atoms. The molecular formula is C7H17N3S. The van der Waals surface area contributed by atoms with E-state index in [-0.39, 0.29) is 0 Å². The van der Waals surface area contributed by atoms with Crippen molar-refractivity contribution in [2.45, 2.75) is 39.2 Å². The zero-order chi connectivity index (χ0) is 8.69. The van der Waals surface area contributed by atoms with Crippen LogP contribution in [-0.2, 0) is 0 Å². The molecule has 0 heterocycles. The average Bonchev–Trinajstić information content (AvgIpc) is 2.00. The maximum absolute atomic E-state index is 5.10. The van der Waals surface area contributed by atoms with Gasteiger partial charge in [0.05, 0.1) is 0 Å². The van der Waals surface area contributed by atoms with E-state index in [9.17, 15) is 0 Å². The summed E-state index contributed by atoms with van der Waals surface area (Å²) in [5, 5.41) is 3.58. The standard InChI is InChI=1S/C7H17N3S/c1-3-4-5-6(2)9-7(11)10-8/h6H,3-5,8H2,1-2H3,(H2,9,10,11). The van der Waals surface area contributed by atoms with Gasteiger partial charge in [-0.1, -0.05) is 19.8 Å². The summed E-state index contributed by atoms with van der Waals surface area (Å²) in [5.74, 6) is 5.10. The third kappa shape index (κ3) is 6.06. The predicted octanol–water partition coefficient (Wildman–Crippen LogP) is 0.903. The molecule has 0 aliphatic rings. The maximum atomic E-state index is 5.10. The van der Waals surface area contributed by atoms with E-state index in [4.69, 9.17) is 18.1 Å². The highest BCUT2D eigenvalue weighted by Gasteiger charge is 2.00. The molecule has 0 amide bonds. The lowest BCUT2D eigenvalue weighted by atomic mass is 10.1. The first-order valence-corrected chi connectivity index (χ1v) is 4.38. The summed E-state index contributed by atoms with van der Waals surface area (Å²) >= 11 is 4.83. The fourth-order valence-electron chi connectivity index (χ4n) is 0.848. The molecule has 0 aliphatic heterocycles. The first-order chi connectivity index (χ1) is 5.20. The molecule has 3 nitrogen and oxygen atoms in total. The minimum absolute atomic E-state index is 0.415. The predicted molar refractivity (Wildman–Crippen MR) is 52.0 cm³/mol. The quantitative estimate of drug-likeness (QED) is 0.337. The number of hydrogen-bond acceptors (Lipinski definition) is 2. The van der Waals surface area contributed by atoms with Gasteiger partial charge >= 0.3 is 0 Å². The molecule has 0 fully saturated rings. The molecule has 0 aromatic heterocycles. The molecule has 0 aromatic rings. The summed E-state index contributed by atoms with van der Waals surface area (Å²) in [6.45, 7) is 4.27. The van der Waals surface area contributed by atoms with E-state index < -0.39 is 0 Å². The van der Waals surface area contributed by atoms with Crippen molar-refractivity contribution < 1.29 is 0 Å². The van der Waals surface area contributed by atoms with Crippen LogP contribution in [0, 0.1) is 0 Å². The highest BCUT2D eigenvalue weighted by Crippen LogP contribution is 1.98. The Bertz CT molecular complexity index is 116. The molecule has 0 aliphatic carbocycles. The lowest BCUT2D eigenvalue weighted by molar-refractivity contribution is 0.567. The second kappa shape index (κ2) is 6.37. The van der Waals surface area contributed by atoms with Crippen LogP contribution < -0.4 is 16.6 Å². The van der Waals surface area contributed by atoms with Gasteiger partial charge < -0.3 is 10.7 Å². The Morgan fingerprint density at radius 1 is 1.64 bits per heavy atom. The summed E-state index contributed by atoms with van der Waals surface area (Å²) in [6, 6.07) is 0.415. The van der Waals surface area contributed by atoms with Crippen LogP contribution in [0.3, 0.4) is 0 Å². The highest BCUT2D eigenvalue weighted by atomic mass is 32.1. The third-order valence-electron chi connectivity index (χ3n) is 1.50. The topological polar surface area (TPSA) is 50.1 Å². The van der Waals surface area contributed by atoms with E-state index in [2.05, 4.69) is 24.6 Å². The van der Waals surface area contributed by atoms with Crippen molar-refractivity contribution in [1.29, 1.82) is 0 Å². The maximum Gasteiger partial charge on any atom is 0.180 e. The van der Waals surface area contributed by atoms with Crippen molar-refractivity contribution in [2.24, 2.45) is 5.84 Å². The molecule has 0 saturated heterocycles. The molecule has 1 unspecified atom stereocenters. The molecule has 0 radical (unpaired) electrons. The zero-order valence-corrected chi connectivity index (χ0v) is 8.00. The minimum Gasteiger partial charge on any atom is -0.359 e. The number of unbranched alkanes of at least 4 members (excludes halogenated alkanes) is 1. The normalized spacial score (nSPS) is 12.3. The van der Waals surface area contributed by atoms with E-state index in [0.717, 1.165) is 6.42 Å². The minimum atomic E-state index is 0.415. The lowest BCUT2D eigenvalue weighted by Crippen LogP contribution is -2.43. The van der Waals surface area contributed by atoms with Crippen molar-refractivity contribution in [3.05, 3.63) is 0 Å². The van der Waals surface area contributed by atoms with Gasteiger partial charge in [0, 0.05) is 6.04 Å². The van der Waals surface area contributed by atoms with E-state index in [1.54, 1.807) is 0 Å². The largest absolute Gasteiger partial charge is 0.359 e. The number of nitrogens with two attached hydrogens (primary N) is 1. The van der Waals surface area contributed by atoms with Gasteiger partial charge in [0.15, 0.2) is 5.11 Å². The van der Waals surface area contributed by atoms with Crippen molar-refractivity contribution >= 4 is 17.3 Å². The van der Waals surface area contributed by atoms with Crippen molar-refractivity contribution in [3.8, 4) is 0 Å². The molecular weight excluding hydrogens is 158 g/mol. The SMILES string of the molecule is CCCCC(C)NC(=S)NN. The number of nitrogens with one attached hydrogen (secondary N) is 2. The van der Waals surface area contributed by atoms with Crippen LogP contribution in [0.2, 0.25) is 0 Å². The Labute approximate surface area is 73.7 Å². The van der Waals surface area contributed by atoms with Crippen LogP contribution in [0.15, 0.2) is 0 Å². The molecule has 4 heteroatoms. The Kier molecular flexibility index (Phi) is 6.16. The van der Waals surface area contributed by atoms with Gasteiger partial charge in [-0.2, -0.15) is 0 Å². The van der Waals surface area contributed by atoms with Gasteiger partial charge in [0.25, 0.3) is 0 Å². The van der Waals surface area contributed by atoms with E-state index in [1.807, 2.05) is 0 Å². The van der Waals surface area contributed by atoms with Crippen molar-refractivity contribution in [2.75, 3.05) is 0 Å². The smallest absolute Gasteiger partial charge is 0.180 e. The Morgan fingerprint density at radius 3 is 2.73 bits per heavy atom. The number of rotatable bonds is 4. The summed E-state index contributed by atoms with van der Waals surface area (Å²) in [7, 11) is 0. The molecule has 0 bridgehead atoms. The van der Waals surface area contributed by atoms with Gasteiger partial charge in [-0.05, 0) is 25.6 Å². The fourth-order valence-corrected chi connectivity index (χ4v) is 1.05. The monoisotopic (exact) mass is 175 g/mol. The summed E-state index contributed by atoms with van der Waals surface area (Å²) in [4.78, 5) is 0. The van der Waals surface area contributed by atoms with E-state index >= 15 is 0 Å². The Morgan fingerprint density at radius 2 is 2.27 bits per heavy atom. The van der Waals surface area contributed by atoms with Crippen LogP contribution in [0.5, 0.6) is 0 Å². The molecule has 11 heavy (non-hydrogen) atoms. The van der Waals surface area contributed by atoms with Gasteiger partial charge in [0.2, 0.25) is 0 Å². The van der Waals surface area contributed by atoms with Crippen LogP contribution in [0.4, 0.5) is 0 Å². The van der Waals surface area contributed by atoms with Crippen LogP contribution in [-0.4, -0.2) is 11.2 Å². The van der Waals surface area contributed by atoms with Crippen molar-refractivity contribution in [1.82, 2.24) is 10.7 Å². The Hall–Kier alpha value is -0.350. The number of hydrogen-bond donors (Lipinski definition) is 3. The third-order valence-corrected chi connectivity index (χ3v) is 1.73. The highest BCUT2D eigenvalue weighted by molar-refractivity contribution is 7.80. The van der Waals surface area contributed by atoms with Gasteiger partial charge in [-0.15, -0.1) is 0 Å².